The Morgan fingerprint density at radius 1 is 1.47 bits per heavy atom. The van der Waals surface area contributed by atoms with Crippen molar-refractivity contribution in [3.8, 4) is 0 Å². The molecule has 1 aliphatic rings. The summed E-state index contributed by atoms with van der Waals surface area (Å²) in [7, 11) is 0. The number of β-amino-alcohol motifs (C(OH)–C–C–N with tert-alkyl or cyclic N) is 1. The standard InChI is InChI=1S/C10H9ClN4O2/c11-6-1-2-8-12-10(13-15(8)4-6)14-5-7(16)3-9(14)17/h1-2,4,7,16H,3,5H2. The van der Waals surface area contributed by atoms with Gasteiger partial charge in [0.2, 0.25) is 5.91 Å². The molecule has 0 saturated carbocycles. The molecular weight excluding hydrogens is 244 g/mol. The van der Waals surface area contributed by atoms with Crippen LogP contribution in [0.1, 0.15) is 6.42 Å². The monoisotopic (exact) mass is 252 g/mol. The minimum absolute atomic E-state index is 0.121. The van der Waals surface area contributed by atoms with Crippen LogP contribution in [0.15, 0.2) is 18.3 Å². The van der Waals surface area contributed by atoms with Crippen molar-refractivity contribution in [2.75, 3.05) is 11.4 Å². The Morgan fingerprint density at radius 2 is 2.29 bits per heavy atom. The molecule has 88 valence electrons. The first-order chi connectivity index (χ1) is 8.13. The van der Waals surface area contributed by atoms with Gasteiger partial charge in [-0.05, 0) is 12.1 Å². The number of anilines is 1. The van der Waals surface area contributed by atoms with Crippen molar-refractivity contribution in [2.24, 2.45) is 0 Å². The smallest absolute Gasteiger partial charge is 0.252 e. The predicted molar refractivity (Wildman–Crippen MR) is 61.0 cm³/mol. The first-order valence-electron chi connectivity index (χ1n) is 5.14. The van der Waals surface area contributed by atoms with Gasteiger partial charge in [0.25, 0.3) is 5.95 Å². The maximum atomic E-state index is 11.6. The quantitative estimate of drug-likeness (QED) is 0.801. The van der Waals surface area contributed by atoms with Crippen LogP contribution in [0.5, 0.6) is 0 Å². The van der Waals surface area contributed by atoms with Gasteiger partial charge < -0.3 is 5.11 Å². The van der Waals surface area contributed by atoms with Gasteiger partial charge in [0.1, 0.15) is 0 Å². The number of nitrogens with zero attached hydrogens (tertiary/aromatic N) is 4. The number of aliphatic hydroxyl groups excluding tert-OH is 1. The second-order valence-electron chi connectivity index (χ2n) is 3.92. The second-order valence-corrected chi connectivity index (χ2v) is 4.36. The van der Waals surface area contributed by atoms with Gasteiger partial charge in [-0.15, -0.1) is 5.10 Å². The number of halogens is 1. The Labute approximate surface area is 101 Å². The summed E-state index contributed by atoms with van der Waals surface area (Å²) >= 11 is 5.83. The van der Waals surface area contributed by atoms with Gasteiger partial charge in [0.05, 0.1) is 24.1 Å². The second kappa shape index (κ2) is 3.68. The number of carbonyl (C=O) groups is 1. The molecule has 3 heterocycles. The number of hydrogen-bond acceptors (Lipinski definition) is 4. The van der Waals surface area contributed by atoms with Crippen LogP contribution in [0.4, 0.5) is 5.95 Å². The molecule has 1 unspecified atom stereocenters. The molecule has 0 aliphatic carbocycles. The molecule has 0 bridgehead atoms. The zero-order valence-electron chi connectivity index (χ0n) is 8.75. The fraction of sp³-hybridized carbons (Fsp3) is 0.300. The summed E-state index contributed by atoms with van der Waals surface area (Å²) in [6.07, 6.45) is 1.10. The summed E-state index contributed by atoms with van der Waals surface area (Å²) in [4.78, 5) is 17.2. The summed E-state index contributed by atoms with van der Waals surface area (Å²) in [5.74, 6) is 0.133. The third kappa shape index (κ3) is 1.75. The van der Waals surface area contributed by atoms with E-state index in [4.69, 9.17) is 11.6 Å². The van der Waals surface area contributed by atoms with E-state index in [2.05, 4.69) is 10.1 Å². The van der Waals surface area contributed by atoms with Crippen LogP contribution >= 0.6 is 11.6 Å². The topological polar surface area (TPSA) is 70.7 Å². The Hall–Kier alpha value is -1.66. The highest BCUT2D eigenvalue weighted by molar-refractivity contribution is 6.30. The summed E-state index contributed by atoms with van der Waals surface area (Å²) in [5.41, 5.74) is 0.610. The molecule has 17 heavy (non-hydrogen) atoms. The highest BCUT2D eigenvalue weighted by atomic mass is 35.5. The van der Waals surface area contributed by atoms with E-state index in [1.165, 1.54) is 9.42 Å². The van der Waals surface area contributed by atoms with E-state index in [9.17, 15) is 9.90 Å². The van der Waals surface area contributed by atoms with Gasteiger partial charge in [-0.1, -0.05) is 11.6 Å². The van der Waals surface area contributed by atoms with Crippen LogP contribution in [0, 0.1) is 0 Å². The Bertz CT molecular complexity index is 597. The molecule has 2 aromatic heterocycles. The molecule has 1 aliphatic heterocycles. The first kappa shape index (κ1) is 10.5. The fourth-order valence-electron chi connectivity index (χ4n) is 1.84. The van der Waals surface area contributed by atoms with E-state index >= 15 is 0 Å². The number of hydrogen-bond donors (Lipinski definition) is 1. The van der Waals surface area contributed by atoms with E-state index in [1.54, 1.807) is 18.3 Å². The normalized spacial score (nSPS) is 20.5. The number of amides is 1. The molecule has 1 fully saturated rings. The maximum absolute atomic E-state index is 11.6. The lowest BCUT2D eigenvalue weighted by atomic mass is 10.3. The highest BCUT2D eigenvalue weighted by Crippen LogP contribution is 2.19. The lowest BCUT2D eigenvalue weighted by molar-refractivity contribution is -0.117. The highest BCUT2D eigenvalue weighted by Gasteiger charge is 2.31. The fourth-order valence-corrected chi connectivity index (χ4v) is 2.00. The van der Waals surface area contributed by atoms with Crippen LogP contribution < -0.4 is 4.90 Å². The van der Waals surface area contributed by atoms with Crippen LogP contribution in [0.2, 0.25) is 5.02 Å². The third-order valence-corrected chi connectivity index (χ3v) is 2.85. The number of aliphatic hydroxyl groups is 1. The Balaban J connectivity index is 2.03. The maximum Gasteiger partial charge on any atom is 0.252 e. The Morgan fingerprint density at radius 3 is 3.00 bits per heavy atom. The Kier molecular flexibility index (Phi) is 2.27. The van der Waals surface area contributed by atoms with Crippen molar-refractivity contribution < 1.29 is 9.90 Å². The molecule has 0 spiro atoms. The molecule has 7 heteroatoms. The van der Waals surface area contributed by atoms with Crippen molar-refractivity contribution in [2.45, 2.75) is 12.5 Å². The van der Waals surface area contributed by atoms with E-state index in [1.807, 2.05) is 0 Å². The first-order valence-corrected chi connectivity index (χ1v) is 5.51. The number of carbonyl (C=O) groups excluding carboxylic acids is 1. The van der Waals surface area contributed by atoms with Gasteiger partial charge in [-0.2, -0.15) is 4.98 Å². The molecule has 3 rings (SSSR count). The molecular formula is C10H9ClN4O2. The van der Waals surface area contributed by atoms with E-state index in [0.717, 1.165) is 0 Å². The van der Waals surface area contributed by atoms with Gasteiger partial charge in [0, 0.05) is 6.20 Å². The average molecular weight is 253 g/mol. The van der Waals surface area contributed by atoms with Gasteiger partial charge in [0.15, 0.2) is 5.65 Å². The third-order valence-electron chi connectivity index (χ3n) is 2.63. The van der Waals surface area contributed by atoms with Crippen molar-refractivity contribution in [3.63, 3.8) is 0 Å². The number of pyridine rings is 1. The average Bonchev–Trinajstić information content (AvgIpc) is 2.80. The number of rotatable bonds is 1. The van der Waals surface area contributed by atoms with Crippen molar-refractivity contribution in [3.05, 3.63) is 23.4 Å². The van der Waals surface area contributed by atoms with Gasteiger partial charge in [-0.25, -0.2) is 4.52 Å². The molecule has 6 nitrogen and oxygen atoms in total. The SMILES string of the molecule is O=C1CC(O)CN1c1nc2ccc(Cl)cn2n1. The molecule has 1 saturated heterocycles. The van der Waals surface area contributed by atoms with Crippen molar-refractivity contribution >= 4 is 29.1 Å². The number of fused-ring (bicyclic) bond motifs is 1. The summed E-state index contributed by atoms with van der Waals surface area (Å²) in [6.45, 7) is 0.240. The van der Waals surface area contributed by atoms with E-state index in [-0.39, 0.29) is 18.9 Å². The lowest BCUT2D eigenvalue weighted by Crippen LogP contribution is -2.26. The van der Waals surface area contributed by atoms with Crippen LogP contribution in [-0.2, 0) is 4.79 Å². The van der Waals surface area contributed by atoms with Gasteiger partial charge in [-0.3, -0.25) is 9.69 Å². The zero-order valence-corrected chi connectivity index (χ0v) is 9.50. The zero-order chi connectivity index (χ0) is 12.0. The van der Waals surface area contributed by atoms with Crippen LogP contribution in [-0.4, -0.2) is 38.3 Å². The molecule has 1 N–H and O–H groups in total. The predicted octanol–water partition coefficient (Wildman–Crippen LogP) is 0.480. The van der Waals surface area contributed by atoms with E-state index in [0.29, 0.717) is 16.6 Å². The molecule has 0 radical (unpaired) electrons. The number of aromatic nitrogens is 3. The van der Waals surface area contributed by atoms with Crippen LogP contribution in [0.25, 0.3) is 5.65 Å². The summed E-state index contributed by atoms with van der Waals surface area (Å²) < 4.78 is 1.51. The molecule has 0 aromatic carbocycles. The summed E-state index contributed by atoms with van der Waals surface area (Å²) in [5, 5.41) is 14.1. The summed E-state index contributed by atoms with van der Waals surface area (Å²) in [6, 6.07) is 3.42. The van der Waals surface area contributed by atoms with Crippen LogP contribution in [0.3, 0.4) is 0 Å². The van der Waals surface area contributed by atoms with E-state index < -0.39 is 6.10 Å². The van der Waals surface area contributed by atoms with Crippen molar-refractivity contribution in [1.82, 2.24) is 14.6 Å². The molecule has 1 atom stereocenters. The minimum Gasteiger partial charge on any atom is -0.391 e. The minimum atomic E-state index is -0.641. The van der Waals surface area contributed by atoms with Crippen molar-refractivity contribution in [1.29, 1.82) is 0 Å². The molecule has 2 aromatic rings. The largest absolute Gasteiger partial charge is 0.391 e. The lowest BCUT2D eigenvalue weighted by Gasteiger charge is -2.09. The molecule has 1 amide bonds. The van der Waals surface area contributed by atoms with Gasteiger partial charge >= 0.3 is 0 Å².